The van der Waals surface area contributed by atoms with E-state index in [1.54, 1.807) is 0 Å². The Labute approximate surface area is 124 Å². The number of hydrogen-bond acceptors (Lipinski definition) is 3. The van der Waals surface area contributed by atoms with E-state index in [1.165, 1.54) is 6.42 Å². The van der Waals surface area contributed by atoms with Crippen LogP contribution in [0.2, 0.25) is 0 Å². The lowest BCUT2D eigenvalue weighted by atomic mass is 10.2. The molecule has 1 aromatic carbocycles. The highest BCUT2D eigenvalue weighted by Gasteiger charge is 1.99. The molecule has 0 spiro atoms. The molecule has 0 aliphatic carbocycles. The van der Waals surface area contributed by atoms with Crippen LogP contribution in [0.25, 0.3) is 0 Å². The van der Waals surface area contributed by atoms with E-state index in [2.05, 4.69) is 41.2 Å². The minimum atomic E-state index is 0.673. The monoisotopic (exact) mass is 329 g/mol. The van der Waals surface area contributed by atoms with Crippen LogP contribution in [-0.4, -0.2) is 32.9 Å². The Morgan fingerprint density at radius 1 is 1.16 bits per heavy atom. The van der Waals surface area contributed by atoms with Crippen molar-refractivity contribution in [2.75, 3.05) is 32.9 Å². The highest BCUT2D eigenvalue weighted by atomic mass is 79.9. The summed E-state index contributed by atoms with van der Waals surface area (Å²) >= 11 is 3.45. The zero-order chi connectivity index (χ0) is 13.9. The Hall–Kier alpha value is -0.580. The van der Waals surface area contributed by atoms with Gasteiger partial charge in [-0.25, -0.2) is 0 Å². The molecule has 19 heavy (non-hydrogen) atoms. The third-order valence-corrected chi connectivity index (χ3v) is 3.25. The minimum Gasteiger partial charge on any atom is -0.492 e. The highest BCUT2D eigenvalue weighted by Crippen LogP contribution is 2.22. The van der Waals surface area contributed by atoms with Crippen LogP contribution in [0, 0.1) is 6.92 Å². The summed E-state index contributed by atoms with van der Waals surface area (Å²) in [4.78, 5) is 0. The molecule has 0 saturated carbocycles. The summed E-state index contributed by atoms with van der Waals surface area (Å²) < 4.78 is 12.2. The zero-order valence-corrected chi connectivity index (χ0v) is 13.5. The Kier molecular flexibility index (Phi) is 8.88. The second-order valence-electron chi connectivity index (χ2n) is 4.47. The fourth-order valence-corrected chi connectivity index (χ4v) is 1.92. The van der Waals surface area contributed by atoms with Crippen molar-refractivity contribution in [3.63, 3.8) is 0 Å². The summed E-state index contributed by atoms with van der Waals surface area (Å²) in [5, 5.41) is 3.30. The normalized spacial score (nSPS) is 10.7. The van der Waals surface area contributed by atoms with Crippen molar-refractivity contribution in [3.8, 4) is 5.75 Å². The Morgan fingerprint density at radius 2 is 1.95 bits per heavy atom. The summed E-state index contributed by atoms with van der Waals surface area (Å²) in [5.74, 6) is 0.940. The molecule has 3 nitrogen and oxygen atoms in total. The lowest BCUT2D eigenvalue weighted by Gasteiger charge is -2.10. The number of hydrogen-bond donors (Lipinski definition) is 1. The van der Waals surface area contributed by atoms with E-state index in [0.717, 1.165) is 48.5 Å². The molecular formula is C15H24BrNO2. The van der Waals surface area contributed by atoms with Gasteiger partial charge in [-0.05, 0) is 31.0 Å². The summed E-state index contributed by atoms with van der Waals surface area (Å²) in [6, 6.07) is 6.08. The molecule has 1 aromatic rings. The molecular weight excluding hydrogens is 306 g/mol. The number of unbranched alkanes of at least 4 members (excludes halogenated alkanes) is 1. The molecule has 0 saturated heterocycles. The van der Waals surface area contributed by atoms with Gasteiger partial charge in [0.2, 0.25) is 0 Å². The lowest BCUT2D eigenvalue weighted by Crippen LogP contribution is -2.25. The smallest absolute Gasteiger partial charge is 0.123 e. The van der Waals surface area contributed by atoms with Gasteiger partial charge in [0.1, 0.15) is 12.4 Å². The van der Waals surface area contributed by atoms with Gasteiger partial charge in [0.15, 0.2) is 0 Å². The number of halogens is 1. The average molecular weight is 330 g/mol. The fraction of sp³-hybridized carbons (Fsp3) is 0.600. The number of aryl methyl sites for hydroxylation is 1. The molecule has 0 aromatic heterocycles. The quantitative estimate of drug-likeness (QED) is 0.666. The molecule has 1 rings (SSSR count). The molecule has 0 aliphatic heterocycles. The van der Waals surface area contributed by atoms with Crippen LogP contribution in [-0.2, 0) is 4.74 Å². The van der Waals surface area contributed by atoms with E-state index in [1.807, 2.05) is 12.1 Å². The first-order chi connectivity index (χ1) is 9.24. The number of rotatable bonds is 10. The molecule has 0 amide bonds. The first-order valence-electron chi connectivity index (χ1n) is 6.91. The van der Waals surface area contributed by atoms with Crippen molar-refractivity contribution >= 4 is 15.9 Å². The van der Waals surface area contributed by atoms with Gasteiger partial charge in [-0.1, -0.05) is 35.3 Å². The first kappa shape index (κ1) is 16.5. The fourth-order valence-electron chi connectivity index (χ4n) is 1.58. The van der Waals surface area contributed by atoms with E-state index in [9.17, 15) is 0 Å². The van der Waals surface area contributed by atoms with Crippen LogP contribution < -0.4 is 10.1 Å². The van der Waals surface area contributed by atoms with E-state index < -0.39 is 0 Å². The average Bonchev–Trinajstić information content (AvgIpc) is 2.40. The summed E-state index contributed by atoms with van der Waals surface area (Å²) in [6.45, 7) is 8.25. The van der Waals surface area contributed by atoms with Crippen LogP contribution >= 0.6 is 15.9 Å². The first-order valence-corrected chi connectivity index (χ1v) is 7.70. The van der Waals surface area contributed by atoms with E-state index in [-0.39, 0.29) is 0 Å². The molecule has 0 heterocycles. The predicted octanol–water partition coefficient (Wildman–Crippen LogP) is 3.54. The van der Waals surface area contributed by atoms with E-state index >= 15 is 0 Å². The molecule has 108 valence electrons. The largest absolute Gasteiger partial charge is 0.492 e. The van der Waals surface area contributed by atoms with Crippen molar-refractivity contribution in [2.24, 2.45) is 0 Å². The van der Waals surface area contributed by atoms with Crippen molar-refractivity contribution in [1.82, 2.24) is 5.32 Å². The van der Waals surface area contributed by atoms with Crippen LogP contribution in [0.3, 0.4) is 0 Å². The number of benzene rings is 1. The lowest BCUT2D eigenvalue weighted by molar-refractivity contribution is 0.132. The highest BCUT2D eigenvalue weighted by molar-refractivity contribution is 9.10. The van der Waals surface area contributed by atoms with Crippen molar-refractivity contribution in [3.05, 3.63) is 28.2 Å². The summed E-state index contributed by atoms with van der Waals surface area (Å²) in [7, 11) is 0. The Morgan fingerprint density at radius 3 is 2.74 bits per heavy atom. The van der Waals surface area contributed by atoms with Crippen LogP contribution in [0.4, 0.5) is 0 Å². The van der Waals surface area contributed by atoms with E-state index in [0.29, 0.717) is 6.61 Å². The third-order valence-electron chi connectivity index (χ3n) is 2.75. The molecule has 4 heteroatoms. The zero-order valence-electron chi connectivity index (χ0n) is 11.9. The maximum absolute atomic E-state index is 5.73. The Bertz CT molecular complexity index is 358. The number of nitrogens with one attached hydrogen (secondary N) is 1. The van der Waals surface area contributed by atoms with Crippen LogP contribution in [0.1, 0.15) is 25.3 Å². The second-order valence-corrected chi connectivity index (χ2v) is 5.39. The van der Waals surface area contributed by atoms with Gasteiger partial charge in [-0.2, -0.15) is 0 Å². The molecule has 0 atom stereocenters. The maximum atomic E-state index is 5.73. The predicted molar refractivity (Wildman–Crippen MR) is 83.0 cm³/mol. The SMILES string of the molecule is CCCCOCCNCCOc1cc(Br)ccc1C. The van der Waals surface area contributed by atoms with Gasteiger partial charge >= 0.3 is 0 Å². The van der Waals surface area contributed by atoms with Crippen LogP contribution in [0.15, 0.2) is 22.7 Å². The van der Waals surface area contributed by atoms with Gasteiger partial charge in [0.05, 0.1) is 6.61 Å². The molecule has 0 radical (unpaired) electrons. The van der Waals surface area contributed by atoms with Gasteiger partial charge in [0.25, 0.3) is 0 Å². The standard InChI is InChI=1S/C15H24BrNO2/c1-3-4-9-18-10-7-17-8-11-19-15-12-14(16)6-5-13(15)2/h5-6,12,17H,3-4,7-11H2,1-2H3. The van der Waals surface area contributed by atoms with Gasteiger partial charge < -0.3 is 14.8 Å². The number of ether oxygens (including phenoxy) is 2. The topological polar surface area (TPSA) is 30.5 Å². The van der Waals surface area contributed by atoms with Crippen molar-refractivity contribution < 1.29 is 9.47 Å². The maximum Gasteiger partial charge on any atom is 0.123 e. The minimum absolute atomic E-state index is 0.673. The molecule has 0 aliphatic rings. The van der Waals surface area contributed by atoms with Gasteiger partial charge in [-0.3, -0.25) is 0 Å². The molecule has 0 unspecified atom stereocenters. The van der Waals surface area contributed by atoms with E-state index in [4.69, 9.17) is 9.47 Å². The van der Waals surface area contributed by atoms with Gasteiger partial charge in [0, 0.05) is 24.2 Å². The van der Waals surface area contributed by atoms with Crippen LogP contribution in [0.5, 0.6) is 5.75 Å². The Balaban J connectivity index is 2.03. The van der Waals surface area contributed by atoms with Crippen molar-refractivity contribution in [1.29, 1.82) is 0 Å². The molecule has 1 N–H and O–H groups in total. The van der Waals surface area contributed by atoms with Crippen molar-refractivity contribution in [2.45, 2.75) is 26.7 Å². The second kappa shape index (κ2) is 10.2. The summed E-state index contributed by atoms with van der Waals surface area (Å²) in [6.07, 6.45) is 2.33. The third kappa shape index (κ3) is 7.55. The van der Waals surface area contributed by atoms with Gasteiger partial charge in [-0.15, -0.1) is 0 Å². The molecule has 0 fully saturated rings. The molecule has 0 bridgehead atoms. The summed E-state index contributed by atoms with van der Waals surface area (Å²) in [5.41, 5.74) is 1.16.